The predicted molar refractivity (Wildman–Crippen MR) is 86.5 cm³/mol. The molecule has 2 N–H and O–H groups in total. The van der Waals surface area contributed by atoms with Gasteiger partial charge in [-0.2, -0.15) is 0 Å². The highest BCUT2D eigenvalue weighted by Crippen LogP contribution is 2.21. The van der Waals surface area contributed by atoms with E-state index in [1.54, 1.807) is 6.20 Å². The number of nitrogens with zero attached hydrogens (tertiary/aromatic N) is 1. The van der Waals surface area contributed by atoms with Crippen LogP contribution in [0.25, 0.3) is 0 Å². The second-order valence-corrected chi connectivity index (χ2v) is 5.37. The van der Waals surface area contributed by atoms with Crippen molar-refractivity contribution >= 4 is 0 Å². The summed E-state index contributed by atoms with van der Waals surface area (Å²) in [7, 11) is 0. The number of pyridine rings is 1. The number of rotatable bonds is 7. The molecule has 0 amide bonds. The molecule has 0 aliphatic rings. The summed E-state index contributed by atoms with van der Waals surface area (Å²) in [6, 6.07) is 10.4. The fourth-order valence-corrected chi connectivity index (χ4v) is 2.31. The Morgan fingerprint density at radius 2 is 2.05 bits per heavy atom. The summed E-state index contributed by atoms with van der Waals surface area (Å²) in [5.41, 5.74) is 10.0. The van der Waals surface area contributed by atoms with E-state index in [0.717, 1.165) is 30.6 Å². The van der Waals surface area contributed by atoms with Crippen LogP contribution in [0.5, 0.6) is 5.75 Å². The third-order valence-electron chi connectivity index (χ3n) is 3.62. The Kier molecular flexibility index (Phi) is 5.76. The van der Waals surface area contributed by atoms with Gasteiger partial charge in [-0.25, -0.2) is 0 Å². The molecule has 1 aromatic heterocycles. The van der Waals surface area contributed by atoms with Crippen molar-refractivity contribution in [3.63, 3.8) is 0 Å². The Balaban J connectivity index is 1.97. The maximum absolute atomic E-state index is 6.29. The molecule has 0 radical (unpaired) electrons. The molecule has 0 spiro atoms. The molecule has 1 atom stereocenters. The van der Waals surface area contributed by atoms with Crippen molar-refractivity contribution in [2.75, 3.05) is 6.61 Å². The van der Waals surface area contributed by atoms with Crippen LogP contribution in [0.15, 0.2) is 42.7 Å². The van der Waals surface area contributed by atoms with Crippen molar-refractivity contribution in [3.05, 3.63) is 59.4 Å². The third-order valence-corrected chi connectivity index (χ3v) is 3.62. The first-order valence-electron chi connectivity index (χ1n) is 7.58. The largest absolute Gasteiger partial charge is 0.492 e. The molecule has 2 rings (SSSR count). The molecule has 1 heterocycles. The topological polar surface area (TPSA) is 48.1 Å². The van der Waals surface area contributed by atoms with E-state index in [9.17, 15) is 0 Å². The zero-order valence-electron chi connectivity index (χ0n) is 12.9. The van der Waals surface area contributed by atoms with Crippen LogP contribution in [-0.2, 0) is 6.42 Å². The Bertz CT molecular complexity index is 569. The van der Waals surface area contributed by atoms with Gasteiger partial charge in [0.1, 0.15) is 5.75 Å². The zero-order valence-corrected chi connectivity index (χ0v) is 12.9. The van der Waals surface area contributed by atoms with Crippen LogP contribution in [0.2, 0.25) is 0 Å². The first-order valence-corrected chi connectivity index (χ1v) is 7.58. The molecule has 112 valence electrons. The Hall–Kier alpha value is -1.87. The first kappa shape index (κ1) is 15.5. The van der Waals surface area contributed by atoms with E-state index in [-0.39, 0.29) is 6.04 Å². The van der Waals surface area contributed by atoms with Crippen molar-refractivity contribution < 1.29 is 4.74 Å². The summed E-state index contributed by atoms with van der Waals surface area (Å²) in [5, 5.41) is 0. The molecule has 0 aliphatic heterocycles. The summed E-state index contributed by atoms with van der Waals surface area (Å²) in [4.78, 5) is 4.23. The van der Waals surface area contributed by atoms with Crippen molar-refractivity contribution in [3.8, 4) is 5.75 Å². The molecular formula is C18H24N2O. The SMILES string of the molecule is CCCOc1cncc(C(N)CCc2ccccc2C)c1. The van der Waals surface area contributed by atoms with Gasteiger partial charge in [-0.05, 0) is 48.9 Å². The van der Waals surface area contributed by atoms with Gasteiger partial charge in [0.2, 0.25) is 0 Å². The van der Waals surface area contributed by atoms with E-state index >= 15 is 0 Å². The van der Waals surface area contributed by atoms with Gasteiger partial charge in [-0.1, -0.05) is 31.2 Å². The maximum Gasteiger partial charge on any atom is 0.137 e. The molecule has 0 bridgehead atoms. The Morgan fingerprint density at radius 3 is 2.81 bits per heavy atom. The fraction of sp³-hybridized carbons (Fsp3) is 0.389. The second kappa shape index (κ2) is 7.79. The van der Waals surface area contributed by atoms with E-state index in [1.807, 2.05) is 12.3 Å². The minimum absolute atomic E-state index is 0.0118. The molecule has 21 heavy (non-hydrogen) atoms. The number of ether oxygens (including phenoxy) is 1. The van der Waals surface area contributed by atoms with Gasteiger partial charge in [-0.15, -0.1) is 0 Å². The average Bonchev–Trinajstić information content (AvgIpc) is 2.52. The molecule has 1 aromatic carbocycles. The summed E-state index contributed by atoms with van der Waals surface area (Å²) < 4.78 is 5.61. The lowest BCUT2D eigenvalue weighted by atomic mass is 9.98. The number of hydrogen-bond donors (Lipinski definition) is 1. The van der Waals surface area contributed by atoms with E-state index < -0.39 is 0 Å². The van der Waals surface area contributed by atoms with Gasteiger partial charge in [0, 0.05) is 12.2 Å². The fourth-order valence-electron chi connectivity index (χ4n) is 2.31. The molecule has 0 saturated carbocycles. The third kappa shape index (κ3) is 4.57. The van der Waals surface area contributed by atoms with Crippen LogP contribution in [0.4, 0.5) is 0 Å². The molecule has 2 aromatic rings. The van der Waals surface area contributed by atoms with E-state index in [1.165, 1.54) is 11.1 Å². The molecule has 3 heteroatoms. The minimum Gasteiger partial charge on any atom is -0.492 e. The van der Waals surface area contributed by atoms with Gasteiger partial charge < -0.3 is 10.5 Å². The number of benzene rings is 1. The molecule has 0 saturated heterocycles. The van der Waals surface area contributed by atoms with Crippen LogP contribution in [0.3, 0.4) is 0 Å². The summed E-state index contributed by atoms with van der Waals surface area (Å²) in [6.07, 6.45) is 6.45. The minimum atomic E-state index is -0.0118. The molecular weight excluding hydrogens is 260 g/mol. The highest BCUT2D eigenvalue weighted by Gasteiger charge is 2.09. The van der Waals surface area contributed by atoms with Gasteiger partial charge in [-0.3, -0.25) is 4.98 Å². The monoisotopic (exact) mass is 284 g/mol. The van der Waals surface area contributed by atoms with E-state index in [2.05, 4.69) is 43.1 Å². The highest BCUT2D eigenvalue weighted by atomic mass is 16.5. The van der Waals surface area contributed by atoms with Crippen molar-refractivity contribution in [1.29, 1.82) is 0 Å². The Labute approximate surface area is 127 Å². The highest BCUT2D eigenvalue weighted by molar-refractivity contribution is 5.28. The van der Waals surface area contributed by atoms with Crippen LogP contribution >= 0.6 is 0 Å². The van der Waals surface area contributed by atoms with Gasteiger partial charge >= 0.3 is 0 Å². The lowest BCUT2D eigenvalue weighted by molar-refractivity contribution is 0.315. The average molecular weight is 284 g/mol. The van der Waals surface area contributed by atoms with E-state index in [0.29, 0.717) is 6.61 Å². The number of aryl methyl sites for hydroxylation is 2. The van der Waals surface area contributed by atoms with Crippen LogP contribution in [-0.4, -0.2) is 11.6 Å². The Morgan fingerprint density at radius 1 is 1.24 bits per heavy atom. The quantitative estimate of drug-likeness (QED) is 0.841. The van der Waals surface area contributed by atoms with Crippen molar-refractivity contribution in [1.82, 2.24) is 4.98 Å². The van der Waals surface area contributed by atoms with Gasteiger partial charge in [0.15, 0.2) is 0 Å². The first-order chi connectivity index (χ1) is 10.2. The lowest BCUT2D eigenvalue weighted by Crippen LogP contribution is -2.12. The van der Waals surface area contributed by atoms with Crippen LogP contribution < -0.4 is 10.5 Å². The maximum atomic E-state index is 6.29. The number of aromatic nitrogens is 1. The van der Waals surface area contributed by atoms with Crippen LogP contribution in [0.1, 0.15) is 42.5 Å². The molecule has 0 fully saturated rings. The zero-order chi connectivity index (χ0) is 15.1. The van der Waals surface area contributed by atoms with Gasteiger partial charge in [0.25, 0.3) is 0 Å². The number of nitrogens with two attached hydrogens (primary N) is 1. The summed E-state index contributed by atoms with van der Waals surface area (Å²) in [6.45, 7) is 4.94. The van der Waals surface area contributed by atoms with Gasteiger partial charge in [0.05, 0.1) is 12.8 Å². The molecule has 0 aliphatic carbocycles. The lowest BCUT2D eigenvalue weighted by Gasteiger charge is -2.14. The number of hydrogen-bond acceptors (Lipinski definition) is 3. The predicted octanol–water partition coefficient (Wildman–Crippen LogP) is 3.81. The summed E-state index contributed by atoms with van der Waals surface area (Å²) in [5.74, 6) is 0.806. The van der Waals surface area contributed by atoms with Crippen LogP contribution in [0, 0.1) is 6.92 Å². The standard InChI is InChI=1S/C18H24N2O/c1-3-10-21-17-11-16(12-20-13-17)18(19)9-8-15-7-5-4-6-14(15)2/h4-7,11-13,18H,3,8-10,19H2,1-2H3. The molecule has 1 unspecified atom stereocenters. The normalized spacial score (nSPS) is 12.1. The van der Waals surface area contributed by atoms with Crippen molar-refractivity contribution in [2.24, 2.45) is 5.73 Å². The van der Waals surface area contributed by atoms with Crippen molar-refractivity contribution in [2.45, 2.75) is 39.2 Å². The second-order valence-electron chi connectivity index (χ2n) is 5.37. The summed E-state index contributed by atoms with van der Waals surface area (Å²) >= 11 is 0. The molecule has 3 nitrogen and oxygen atoms in total. The van der Waals surface area contributed by atoms with E-state index in [4.69, 9.17) is 10.5 Å². The smallest absolute Gasteiger partial charge is 0.137 e.